The lowest BCUT2D eigenvalue weighted by atomic mass is 10.1. The number of piperazine rings is 1. The van der Waals surface area contributed by atoms with Gasteiger partial charge in [-0.3, -0.25) is 14.5 Å². The summed E-state index contributed by atoms with van der Waals surface area (Å²) in [7, 11) is 0. The van der Waals surface area contributed by atoms with Crippen LogP contribution in [0.1, 0.15) is 20.0 Å². The van der Waals surface area contributed by atoms with E-state index in [9.17, 15) is 9.59 Å². The molecule has 2 fully saturated rings. The van der Waals surface area contributed by atoms with Crippen LogP contribution in [0.2, 0.25) is 5.02 Å². The fourth-order valence-electron chi connectivity index (χ4n) is 4.23. The van der Waals surface area contributed by atoms with Gasteiger partial charge in [0.05, 0.1) is 5.02 Å². The van der Waals surface area contributed by atoms with Crippen molar-refractivity contribution in [3.63, 3.8) is 0 Å². The second-order valence-corrected chi connectivity index (χ2v) is 10.3. The zero-order valence-corrected chi connectivity index (χ0v) is 19.9. The molecule has 2 amide bonds. The van der Waals surface area contributed by atoms with Crippen LogP contribution in [-0.4, -0.2) is 71.8 Å². The monoisotopic (exact) mass is 517 g/mol. The van der Waals surface area contributed by atoms with Crippen molar-refractivity contribution in [3.8, 4) is 0 Å². The summed E-state index contributed by atoms with van der Waals surface area (Å²) >= 11 is 11.4. The SMILES string of the molecule is O=C(c1ccccc1)N1CCN(C2CN(C(=O)c3sc4cc(Br)ccc4c3Cl)C2)CC1. The number of nitrogens with zero attached hydrogens (tertiary/aromatic N) is 3. The van der Waals surface area contributed by atoms with Crippen molar-refractivity contribution < 1.29 is 9.59 Å². The summed E-state index contributed by atoms with van der Waals surface area (Å²) in [6.07, 6.45) is 0. The number of hydrogen-bond donors (Lipinski definition) is 0. The lowest BCUT2D eigenvalue weighted by molar-refractivity contribution is 0.00881. The number of carbonyl (C=O) groups is 2. The Bertz CT molecular complexity index is 1140. The standard InChI is InChI=1S/C23H21BrClN3O2S/c24-16-6-7-18-19(12-16)31-21(20(18)25)23(30)28-13-17(14-28)26-8-10-27(11-9-26)22(29)15-4-2-1-3-5-15/h1-7,12,17H,8-11,13-14H2. The Balaban J connectivity index is 1.17. The van der Waals surface area contributed by atoms with Crippen LogP contribution in [0, 0.1) is 0 Å². The van der Waals surface area contributed by atoms with E-state index in [0.717, 1.165) is 46.3 Å². The van der Waals surface area contributed by atoms with Crippen molar-refractivity contribution in [2.45, 2.75) is 6.04 Å². The molecule has 0 spiro atoms. The second-order valence-electron chi connectivity index (χ2n) is 7.94. The summed E-state index contributed by atoms with van der Waals surface area (Å²) in [6, 6.07) is 15.7. The van der Waals surface area contributed by atoms with Gasteiger partial charge >= 0.3 is 0 Å². The molecular formula is C23H21BrClN3O2S. The molecule has 2 aliphatic rings. The molecule has 2 saturated heterocycles. The molecule has 0 radical (unpaired) electrons. The van der Waals surface area contributed by atoms with Crippen LogP contribution in [-0.2, 0) is 0 Å². The third kappa shape index (κ3) is 4.00. The van der Waals surface area contributed by atoms with Gasteiger partial charge in [-0.15, -0.1) is 11.3 Å². The molecule has 3 aromatic rings. The molecule has 5 nitrogen and oxygen atoms in total. The minimum absolute atomic E-state index is 0.0106. The molecule has 31 heavy (non-hydrogen) atoms. The Kier molecular flexibility index (Phi) is 5.77. The predicted molar refractivity (Wildman–Crippen MR) is 128 cm³/mol. The maximum absolute atomic E-state index is 13.0. The molecule has 8 heteroatoms. The van der Waals surface area contributed by atoms with E-state index in [1.54, 1.807) is 0 Å². The highest BCUT2D eigenvalue weighted by Crippen LogP contribution is 2.38. The normalized spacial score (nSPS) is 17.7. The summed E-state index contributed by atoms with van der Waals surface area (Å²) in [5.74, 6) is 0.105. The van der Waals surface area contributed by atoms with Gasteiger partial charge in [0.15, 0.2) is 0 Å². The first-order chi connectivity index (χ1) is 15.0. The summed E-state index contributed by atoms with van der Waals surface area (Å²) in [5, 5.41) is 1.48. The number of rotatable bonds is 3. The molecule has 0 unspecified atom stereocenters. The average Bonchev–Trinajstić information content (AvgIpc) is 3.09. The minimum Gasteiger partial charge on any atom is -0.336 e. The van der Waals surface area contributed by atoms with Crippen LogP contribution in [0.25, 0.3) is 10.1 Å². The quantitative estimate of drug-likeness (QED) is 0.509. The Morgan fingerprint density at radius 1 is 0.935 bits per heavy atom. The number of likely N-dealkylation sites (tertiary alicyclic amines) is 1. The van der Waals surface area contributed by atoms with Gasteiger partial charge in [0, 0.05) is 65.4 Å². The Morgan fingerprint density at radius 3 is 2.35 bits per heavy atom. The molecule has 2 aliphatic heterocycles. The topological polar surface area (TPSA) is 43.9 Å². The first-order valence-electron chi connectivity index (χ1n) is 10.3. The van der Waals surface area contributed by atoms with E-state index in [1.807, 2.05) is 58.3 Å². The first kappa shape index (κ1) is 20.9. The maximum atomic E-state index is 13.0. The van der Waals surface area contributed by atoms with Crippen LogP contribution in [0.4, 0.5) is 0 Å². The van der Waals surface area contributed by atoms with E-state index in [-0.39, 0.29) is 11.8 Å². The van der Waals surface area contributed by atoms with Crippen molar-refractivity contribution in [2.24, 2.45) is 0 Å². The van der Waals surface area contributed by atoms with E-state index in [1.165, 1.54) is 11.3 Å². The molecule has 0 bridgehead atoms. The lowest BCUT2D eigenvalue weighted by Crippen LogP contribution is -2.64. The lowest BCUT2D eigenvalue weighted by Gasteiger charge is -2.48. The van der Waals surface area contributed by atoms with Crippen LogP contribution in [0.3, 0.4) is 0 Å². The number of fused-ring (bicyclic) bond motifs is 1. The molecular weight excluding hydrogens is 498 g/mol. The van der Waals surface area contributed by atoms with Crippen molar-refractivity contribution in [3.05, 3.63) is 68.5 Å². The van der Waals surface area contributed by atoms with Gasteiger partial charge < -0.3 is 9.80 Å². The molecule has 0 N–H and O–H groups in total. The Hall–Kier alpha value is -1.93. The molecule has 1 aromatic heterocycles. The zero-order chi connectivity index (χ0) is 21.5. The van der Waals surface area contributed by atoms with Gasteiger partial charge in [0.2, 0.25) is 0 Å². The smallest absolute Gasteiger partial charge is 0.265 e. The largest absolute Gasteiger partial charge is 0.336 e. The average molecular weight is 519 g/mol. The van der Waals surface area contributed by atoms with Gasteiger partial charge in [0.1, 0.15) is 4.88 Å². The van der Waals surface area contributed by atoms with Gasteiger partial charge in [-0.2, -0.15) is 0 Å². The molecule has 3 heterocycles. The number of amides is 2. The number of benzene rings is 2. The van der Waals surface area contributed by atoms with Crippen molar-refractivity contribution in [1.29, 1.82) is 0 Å². The highest BCUT2D eigenvalue weighted by Gasteiger charge is 2.38. The second kappa shape index (κ2) is 8.54. The van der Waals surface area contributed by atoms with Gasteiger partial charge in [-0.05, 0) is 24.3 Å². The third-order valence-electron chi connectivity index (χ3n) is 6.07. The van der Waals surface area contributed by atoms with E-state index >= 15 is 0 Å². The van der Waals surface area contributed by atoms with E-state index in [2.05, 4.69) is 20.8 Å². The first-order valence-corrected chi connectivity index (χ1v) is 12.2. The molecule has 0 atom stereocenters. The van der Waals surface area contributed by atoms with E-state index in [0.29, 0.717) is 29.0 Å². The van der Waals surface area contributed by atoms with Gasteiger partial charge in [-0.1, -0.05) is 51.8 Å². The van der Waals surface area contributed by atoms with Crippen molar-refractivity contribution >= 4 is 60.8 Å². The summed E-state index contributed by atoms with van der Waals surface area (Å²) < 4.78 is 1.99. The van der Waals surface area contributed by atoms with Crippen LogP contribution >= 0.6 is 38.9 Å². The third-order valence-corrected chi connectivity index (χ3v) is 8.21. The summed E-state index contributed by atoms with van der Waals surface area (Å²) in [5.41, 5.74) is 0.739. The fraction of sp³-hybridized carbons (Fsp3) is 0.304. The molecule has 0 saturated carbocycles. The Labute approximate surface area is 198 Å². The van der Waals surface area contributed by atoms with Crippen molar-refractivity contribution in [2.75, 3.05) is 39.3 Å². The molecule has 5 rings (SSSR count). The van der Waals surface area contributed by atoms with Gasteiger partial charge in [-0.25, -0.2) is 0 Å². The number of carbonyl (C=O) groups excluding carboxylic acids is 2. The number of thiophene rings is 1. The number of hydrogen-bond acceptors (Lipinski definition) is 4. The summed E-state index contributed by atoms with van der Waals surface area (Å²) in [6.45, 7) is 4.52. The van der Waals surface area contributed by atoms with Crippen molar-refractivity contribution in [1.82, 2.24) is 14.7 Å². The zero-order valence-electron chi connectivity index (χ0n) is 16.8. The van der Waals surface area contributed by atoms with Gasteiger partial charge in [0.25, 0.3) is 11.8 Å². The van der Waals surface area contributed by atoms with Crippen LogP contribution in [0.15, 0.2) is 53.0 Å². The number of halogens is 2. The molecule has 160 valence electrons. The highest BCUT2D eigenvalue weighted by molar-refractivity contribution is 9.10. The fourth-order valence-corrected chi connectivity index (χ4v) is 6.26. The van der Waals surface area contributed by atoms with Crippen LogP contribution < -0.4 is 0 Å². The Morgan fingerprint density at radius 2 is 1.65 bits per heavy atom. The molecule has 0 aliphatic carbocycles. The van der Waals surface area contributed by atoms with E-state index in [4.69, 9.17) is 11.6 Å². The van der Waals surface area contributed by atoms with Crippen LogP contribution in [0.5, 0.6) is 0 Å². The highest BCUT2D eigenvalue weighted by atomic mass is 79.9. The maximum Gasteiger partial charge on any atom is 0.265 e. The minimum atomic E-state index is 0.0106. The van der Waals surface area contributed by atoms with E-state index < -0.39 is 0 Å². The predicted octanol–water partition coefficient (Wildman–Crippen LogP) is 4.60. The summed E-state index contributed by atoms with van der Waals surface area (Å²) in [4.78, 5) is 32.4. The molecule has 2 aromatic carbocycles.